The van der Waals surface area contributed by atoms with E-state index in [4.69, 9.17) is 10.4 Å². The van der Waals surface area contributed by atoms with Gasteiger partial charge in [-0.25, -0.2) is 4.98 Å². The first-order chi connectivity index (χ1) is 18.3. The van der Waals surface area contributed by atoms with Gasteiger partial charge in [0.1, 0.15) is 11.6 Å². The number of carbonyl (C=O) groups is 2. The molecule has 1 aliphatic carbocycles. The lowest BCUT2D eigenvalue weighted by Crippen LogP contribution is -2.42. The first kappa shape index (κ1) is 28.4. The third kappa shape index (κ3) is 6.50. The van der Waals surface area contributed by atoms with Crippen LogP contribution in [0, 0.1) is 18.3 Å². The summed E-state index contributed by atoms with van der Waals surface area (Å²) in [6.45, 7) is 10.2. The number of hydrogen-bond acceptors (Lipinski definition) is 6. The largest absolute Gasteiger partial charge is 0.372 e. The number of thioether (sulfide) groups is 1. The van der Waals surface area contributed by atoms with E-state index in [1.54, 1.807) is 6.08 Å². The van der Waals surface area contributed by atoms with Gasteiger partial charge in [-0.15, -0.1) is 6.58 Å². The summed E-state index contributed by atoms with van der Waals surface area (Å²) in [4.78, 5) is 32.0. The number of rotatable bonds is 10. The second kappa shape index (κ2) is 13.0. The van der Waals surface area contributed by atoms with Crippen LogP contribution in [0.1, 0.15) is 88.5 Å². The van der Waals surface area contributed by atoms with Gasteiger partial charge >= 0.3 is 0 Å². The van der Waals surface area contributed by atoms with E-state index < -0.39 is 0 Å². The van der Waals surface area contributed by atoms with E-state index in [2.05, 4.69) is 34.4 Å². The molecule has 1 fully saturated rings. The maximum Gasteiger partial charge on any atom is 0.217 e. The molecule has 0 spiro atoms. The van der Waals surface area contributed by atoms with Gasteiger partial charge in [0.15, 0.2) is 0 Å². The highest BCUT2D eigenvalue weighted by atomic mass is 32.2. The van der Waals surface area contributed by atoms with E-state index in [0.717, 1.165) is 75.9 Å². The van der Waals surface area contributed by atoms with Crippen LogP contribution in [0.2, 0.25) is 0 Å². The van der Waals surface area contributed by atoms with Crippen LogP contribution < -0.4 is 5.32 Å². The minimum absolute atomic E-state index is 0.0486. The lowest BCUT2D eigenvalue weighted by Gasteiger charge is -2.37. The highest BCUT2D eigenvalue weighted by molar-refractivity contribution is 8.16. The Kier molecular flexibility index (Phi) is 9.69. The molecule has 7 nitrogen and oxygen atoms in total. The molecule has 1 aromatic rings. The number of carbonyl (C=O) groups excluding carboxylic acids is 2. The highest BCUT2D eigenvalue weighted by Crippen LogP contribution is 2.41. The Morgan fingerprint density at radius 1 is 1.32 bits per heavy atom. The van der Waals surface area contributed by atoms with Crippen LogP contribution in [0.3, 0.4) is 0 Å². The third-order valence-corrected chi connectivity index (χ3v) is 9.13. The molecule has 38 heavy (non-hydrogen) atoms. The van der Waals surface area contributed by atoms with Crippen LogP contribution in [-0.2, 0) is 22.4 Å². The van der Waals surface area contributed by atoms with E-state index in [0.29, 0.717) is 29.3 Å². The second-order valence-electron chi connectivity index (χ2n) is 10.9. The number of amides is 1. The van der Waals surface area contributed by atoms with E-state index in [1.165, 1.54) is 30.1 Å². The Labute approximate surface area is 231 Å². The summed E-state index contributed by atoms with van der Waals surface area (Å²) in [5, 5.41) is 13.8. The van der Waals surface area contributed by atoms with Crippen LogP contribution in [0.5, 0.6) is 0 Å². The lowest BCUT2D eigenvalue weighted by atomic mass is 9.87. The molecule has 4 atom stereocenters. The van der Waals surface area contributed by atoms with Crippen molar-refractivity contribution in [2.24, 2.45) is 5.92 Å². The molecular weight excluding hydrogens is 494 g/mol. The van der Waals surface area contributed by atoms with E-state index in [9.17, 15) is 9.59 Å². The van der Waals surface area contributed by atoms with Crippen molar-refractivity contribution in [2.45, 2.75) is 103 Å². The quantitative estimate of drug-likeness (QED) is 0.229. The van der Waals surface area contributed by atoms with Gasteiger partial charge in [-0.3, -0.25) is 15.0 Å². The summed E-state index contributed by atoms with van der Waals surface area (Å²) >= 11 is 1.37. The predicted octanol–water partition coefficient (Wildman–Crippen LogP) is 5.65. The Hall–Kier alpha value is -2.61. The summed E-state index contributed by atoms with van der Waals surface area (Å²) in [7, 11) is 0. The fraction of sp³-hybridized carbons (Fsp3) is 0.600. The number of nitrogens with zero attached hydrogens (tertiary/aromatic N) is 3. The van der Waals surface area contributed by atoms with E-state index in [1.807, 2.05) is 18.4 Å². The molecule has 2 aliphatic heterocycles. The monoisotopic (exact) mass is 537 g/mol. The van der Waals surface area contributed by atoms with Gasteiger partial charge in [-0.2, -0.15) is 0 Å². The molecule has 2 N–H and O–H groups in total. The first-order valence-electron chi connectivity index (χ1n) is 14.1. The van der Waals surface area contributed by atoms with Gasteiger partial charge in [0.25, 0.3) is 0 Å². The van der Waals surface area contributed by atoms with Crippen molar-refractivity contribution in [2.75, 3.05) is 6.54 Å². The zero-order chi connectivity index (χ0) is 27.2. The van der Waals surface area contributed by atoms with Crippen molar-refractivity contribution < 1.29 is 9.59 Å². The molecular formula is C30H43N5O2S. The number of allylic oxidation sites excluding steroid dienone is 4. The Balaban J connectivity index is 1.50. The molecule has 1 amide bonds. The summed E-state index contributed by atoms with van der Waals surface area (Å²) < 4.78 is 2.47. The van der Waals surface area contributed by atoms with Crippen LogP contribution in [-0.4, -0.2) is 49.8 Å². The Morgan fingerprint density at radius 2 is 2.13 bits per heavy atom. The van der Waals surface area contributed by atoms with Crippen molar-refractivity contribution in [3.63, 3.8) is 0 Å². The summed E-state index contributed by atoms with van der Waals surface area (Å²) in [5.41, 5.74) is 3.83. The summed E-state index contributed by atoms with van der Waals surface area (Å²) in [6.07, 6.45) is 15.4. The number of nitrogens with one attached hydrogen (secondary N) is 2. The van der Waals surface area contributed by atoms with Gasteiger partial charge in [0.2, 0.25) is 5.91 Å². The average molecular weight is 538 g/mol. The molecule has 1 aromatic heterocycles. The number of ketones is 1. The van der Waals surface area contributed by atoms with Crippen LogP contribution in [0.25, 0.3) is 0 Å². The number of fused-ring (bicyclic) bond motifs is 3. The zero-order valence-corrected chi connectivity index (χ0v) is 24.0. The zero-order valence-electron chi connectivity index (χ0n) is 23.2. The fourth-order valence-electron chi connectivity index (χ4n) is 6.47. The maximum atomic E-state index is 12.7. The number of aromatic nitrogens is 2. The summed E-state index contributed by atoms with van der Waals surface area (Å²) in [5.74, 6) is 1.31. The molecule has 0 radical (unpaired) electrons. The maximum absolute atomic E-state index is 12.7. The number of hydrogen-bond donors (Lipinski definition) is 2. The smallest absolute Gasteiger partial charge is 0.217 e. The second-order valence-corrected chi connectivity index (χ2v) is 11.8. The van der Waals surface area contributed by atoms with Crippen molar-refractivity contribution in [1.82, 2.24) is 19.8 Å². The van der Waals surface area contributed by atoms with E-state index >= 15 is 0 Å². The van der Waals surface area contributed by atoms with Crippen molar-refractivity contribution in [3.05, 3.63) is 53.1 Å². The van der Waals surface area contributed by atoms with Gasteiger partial charge in [-0.05, 0) is 70.3 Å². The molecule has 206 valence electrons. The normalized spacial score (nSPS) is 23.8. The summed E-state index contributed by atoms with van der Waals surface area (Å²) in [6, 6.07) is 0.489. The molecule has 3 unspecified atom stereocenters. The van der Waals surface area contributed by atoms with Gasteiger partial charge in [-0.1, -0.05) is 30.3 Å². The molecule has 8 heteroatoms. The minimum atomic E-state index is -0.265. The Morgan fingerprint density at radius 3 is 2.84 bits per heavy atom. The Bertz CT molecular complexity index is 1120. The molecule has 1 saturated heterocycles. The molecule has 2 bridgehead atoms. The van der Waals surface area contributed by atoms with Gasteiger partial charge in [0, 0.05) is 49.7 Å². The molecule has 0 aromatic carbocycles. The number of imidazole rings is 1. The highest BCUT2D eigenvalue weighted by Gasteiger charge is 2.37. The van der Waals surface area contributed by atoms with Gasteiger partial charge in [0.05, 0.1) is 22.8 Å². The van der Waals surface area contributed by atoms with Crippen LogP contribution in [0.15, 0.2) is 35.9 Å². The standard InChI is InChI=1S/C30H43N5O2S/c1-5-9-29(37)22-10-7-8-11-28-27(17-22)32-20(3)35(28)25-18-23-12-13-24(19-25)34(23)15-14-26(33-21(4)36)30(31)38-16-6-2/h5-6,16,18,22,24-26,31H,1,7-15,17,19H2,2-4H3,(H,33,36)/b16-6-,31-30?/t22?,24?,25?,26-/m0/s1. The van der Waals surface area contributed by atoms with Crippen molar-refractivity contribution in [3.8, 4) is 0 Å². The third-order valence-electron chi connectivity index (χ3n) is 8.18. The SMILES string of the molecule is C=CCC(=O)C1CCCCc2c(nc(C)n2C2C=C3CCC(C2)N3CC[C@H](NC(C)=O)C(=N)S/C=C\C)C1. The molecule has 4 rings (SSSR count). The number of Topliss-reactive ketones (excluding diaryl/α,β-unsaturated/α-hetero) is 1. The van der Waals surface area contributed by atoms with Crippen LogP contribution in [0.4, 0.5) is 0 Å². The number of aryl methyl sites for hydroxylation is 1. The molecule has 3 heterocycles. The first-order valence-corrected chi connectivity index (χ1v) is 15.0. The topological polar surface area (TPSA) is 91.1 Å². The molecule has 0 saturated carbocycles. The minimum Gasteiger partial charge on any atom is -0.372 e. The van der Waals surface area contributed by atoms with E-state index in [-0.39, 0.29) is 17.9 Å². The average Bonchev–Trinajstić information content (AvgIpc) is 3.29. The fourth-order valence-corrected chi connectivity index (χ4v) is 7.10. The van der Waals surface area contributed by atoms with Crippen molar-refractivity contribution >= 4 is 28.5 Å². The predicted molar refractivity (Wildman–Crippen MR) is 155 cm³/mol. The van der Waals surface area contributed by atoms with Crippen LogP contribution >= 0.6 is 11.8 Å². The van der Waals surface area contributed by atoms with Gasteiger partial charge < -0.3 is 14.8 Å². The molecule has 3 aliphatic rings. The lowest BCUT2D eigenvalue weighted by molar-refractivity contribution is -0.122. The van der Waals surface area contributed by atoms with Crippen molar-refractivity contribution in [1.29, 1.82) is 5.41 Å².